The van der Waals surface area contributed by atoms with E-state index >= 15 is 0 Å². The van der Waals surface area contributed by atoms with Gasteiger partial charge in [0, 0.05) is 62.4 Å². The smallest absolute Gasteiger partial charge is 0.0737 e. The van der Waals surface area contributed by atoms with Gasteiger partial charge in [-0.15, -0.1) is 0 Å². The number of aliphatic imine (C=N–C) groups is 1. The fourth-order valence-electron chi connectivity index (χ4n) is 9.51. The summed E-state index contributed by atoms with van der Waals surface area (Å²) < 4.78 is 0. The number of nitrogens with zero attached hydrogens (tertiary/aromatic N) is 3. The van der Waals surface area contributed by atoms with Crippen LogP contribution in [0.15, 0.2) is 108 Å². The Kier molecular flexibility index (Phi) is 8.86. The number of nitrogens with one attached hydrogen (secondary N) is 3. The fourth-order valence-corrected chi connectivity index (χ4v) is 9.51. The van der Waals surface area contributed by atoms with E-state index in [0.29, 0.717) is 0 Å². The second-order valence-corrected chi connectivity index (χ2v) is 16.2. The number of rotatable bonds is 5. The third-order valence-corrected chi connectivity index (χ3v) is 11.8. The molecule has 0 saturated heterocycles. The average Bonchev–Trinajstić information content (AvgIpc) is 4.06. The number of aromatic nitrogens is 5. The first kappa shape index (κ1) is 36.3. The first-order valence-corrected chi connectivity index (χ1v) is 20.5. The molecule has 0 amide bonds. The molecule has 6 nitrogen and oxygen atoms in total. The lowest BCUT2D eigenvalue weighted by Crippen LogP contribution is -1.95. The minimum absolute atomic E-state index is 0.896. The highest BCUT2D eigenvalue weighted by Crippen LogP contribution is 2.40. The molecule has 3 aromatic carbocycles. The number of aryl methyl sites for hydroxylation is 6. The normalized spacial score (nSPS) is 14.1. The number of aromatic amines is 3. The van der Waals surface area contributed by atoms with Crippen LogP contribution in [0.2, 0.25) is 0 Å². The summed E-state index contributed by atoms with van der Waals surface area (Å²) in [5, 5.41) is 0. The quantitative estimate of drug-likeness (QED) is 0.163. The van der Waals surface area contributed by atoms with E-state index in [0.717, 1.165) is 102 Å². The summed E-state index contributed by atoms with van der Waals surface area (Å²) in [4.78, 5) is 26.7. The minimum atomic E-state index is 0.896. The van der Waals surface area contributed by atoms with Gasteiger partial charge in [0.2, 0.25) is 0 Å². The maximum absolute atomic E-state index is 5.54. The van der Waals surface area contributed by atoms with Crippen LogP contribution in [0.25, 0.3) is 85.3 Å². The van der Waals surface area contributed by atoms with Crippen molar-refractivity contribution in [2.75, 3.05) is 0 Å². The van der Waals surface area contributed by atoms with E-state index in [1.54, 1.807) is 0 Å². The number of H-pyrrole nitrogens is 3. The zero-order valence-electron chi connectivity index (χ0n) is 34.4. The molecule has 0 atom stereocenters. The van der Waals surface area contributed by atoms with Gasteiger partial charge >= 0.3 is 0 Å². The first-order valence-electron chi connectivity index (χ1n) is 20.5. The number of fused-ring (bicyclic) bond motifs is 8. The summed E-state index contributed by atoms with van der Waals surface area (Å²) in [5.41, 5.74) is 26.1. The summed E-state index contributed by atoms with van der Waals surface area (Å²) in [5.74, 6) is 0. The van der Waals surface area contributed by atoms with Gasteiger partial charge in [0.1, 0.15) is 0 Å². The number of benzene rings is 3. The Balaban J connectivity index is 1.30. The Morgan fingerprint density at radius 3 is 1.73 bits per heavy atom. The van der Waals surface area contributed by atoms with Gasteiger partial charge in [-0.3, -0.25) is 4.99 Å². The third-order valence-electron chi connectivity index (χ3n) is 11.8. The SMILES string of the molecule is Cc1cc(C)c(-c2c3nc(c(-c4ccc(/C(=C5\CCC=N5)c5ccc[nH]5)cc4)c4ccc([nH]4)c(-c4c(C)cc(C)cc4C)c4nc(cc5ccc2[nH]5)C=C4)C=C3)c(C)c1. The largest absolute Gasteiger partial charge is 0.361 e. The fraction of sp³-hybridized carbons (Fsp3) is 0.151. The second-order valence-electron chi connectivity index (χ2n) is 16.2. The Hall–Kier alpha value is -7.05. The zero-order valence-corrected chi connectivity index (χ0v) is 34.4. The van der Waals surface area contributed by atoms with Crippen molar-refractivity contribution in [3.8, 4) is 33.4 Å². The summed E-state index contributed by atoms with van der Waals surface area (Å²) in [7, 11) is 0. The topological polar surface area (TPSA) is 85.5 Å². The van der Waals surface area contributed by atoms with Crippen molar-refractivity contribution in [2.45, 2.75) is 54.4 Å². The molecule has 0 unspecified atom stereocenters. The summed E-state index contributed by atoms with van der Waals surface area (Å²) >= 11 is 0. The highest BCUT2D eigenvalue weighted by atomic mass is 14.8. The zero-order chi connectivity index (χ0) is 40.4. The molecule has 7 aromatic rings. The predicted molar refractivity (Wildman–Crippen MR) is 248 cm³/mol. The molecule has 4 aromatic heterocycles. The number of allylic oxidation sites excluding steroid dienone is 1. The molecule has 288 valence electrons. The Morgan fingerprint density at radius 1 is 0.542 bits per heavy atom. The van der Waals surface area contributed by atoms with Gasteiger partial charge in [-0.05, 0) is 166 Å². The van der Waals surface area contributed by atoms with E-state index in [4.69, 9.17) is 15.0 Å². The standard InChI is InChI=1S/C53H46N6/c1-30-25-32(3)48(33(4)26-30)52-44-17-15-38(56-44)29-39-16-18-45(57-39)53(49-34(5)27-31(2)28-35(49)6)47-22-20-43(59-47)51(42-19-21-46(52)58-42)37-13-11-36(12-14-37)50(40-9-7-23-54-40)41-10-8-24-55-41/h7,9,11-29,54,56,59H,8,10H2,1-6H3/b38-29?,39-29?,50-41-,51-42?,51-43?,52-44?,52-46?,53-45?,53-47?. The molecule has 3 N–H and O–H groups in total. The van der Waals surface area contributed by atoms with Crippen molar-refractivity contribution in [1.29, 1.82) is 0 Å². The van der Waals surface area contributed by atoms with E-state index in [-0.39, 0.29) is 0 Å². The van der Waals surface area contributed by atoms with Crippen LogP contribution in [0.4, 0.5) is 0 Å². The monoisotopic (exact) mass is 766 g/mol. The maximum atomic E-state index is 5.54. The second kappa shape index (κ2) is 14.4. The van der Waals surface area contributed by atoms with Gasteiger partial charge in [0.25, 0.3) is 0 Å². The van der Waals surface area contributed by atoms with Gasteiger partial charge in [-0.25, -0.2) is 9.97 Å². The molecule has 59 heavy (non-hydrogen) atoms. The molecule has 10 rings (SSSR count). The Labute approximate surface area is 344 Å². The van der Waals surface area contributed by atoms with Crippen LogP contribution in [0, 0.1) is 41.5 Å². The van der Waals surface area contributed by atoms with Gasteiger partial charge in [-0.1, -0.05) is 59.7 Å². The van der Waals surface area contributed by atoms with Gasteiger partial charge in [0.15, 0.2) is 0 Å². The van der Waals surface area contributed by atoms with Crippen LogP contribution in [-0.2, 0) is 0 Å². The molecule has 8 bridgehead atoms. The van der Waals surface area contributed by atoms with Crippen LogP contribution in [0.5, 0.6) is 0 Å². The van der Waals surface area contributed by atoms with Gasteiger partial charge in [0.05, 0.1) is 28.5 Å². The summed E-state index contributed by atoms with van der Waals surface area (Å²) in [6.07, 6.45) is 14.5. The molecular weight excluding hydrogens is 721 g/mol. The molecule has 6 heteroatoms. The average molecular weight is 767 g/mol. The van der Waals surface area contributed by atoms with Crippen LogP contribution in [0.3, 0.4) is 0 Å². The molecule has 3 aliphatic heterocycles. The highest BCUT2D eigenvalue weighted by molar-refractivity contribution is 5.99. The van der Waals surface area contributed by atoms with E-state index in [1.165, 1.54) is 44.5 Å². The van der Waals surface area contributed by atoms with E-state index in [1.807, 2.05) is 18.5 Å². The molecule has 0 fully saturated rings. The van der Waals surface area contributed by atoms with Crippen molar-refractivity contribution in [2.24, 2.45) is 4.99 Å². The number of hydrogen-bond donors (Lipinski definition) is 3. The van der Waals surface area contributed by atoms with Crippen LogP contribution >= 0.6 is 0 Å². The van der Waals surface area contributed by atoms with Crippen molar-refractivity contribution in [3.63, 3.8) is 0 Å². The van der Waals surface area contributed by atoms with Crippen LogP contribution < -0.4 is 0 Å². The van der Waals surface area contributed by atoms with Crippen LogP contribution in [0.1, 0.15) is 80.3 Å². The minimum Gasteiger partial charge on any atom is -0.361 e. The Morgan fingerprint density at radius 2 is 1.12 bits per heavy atom. The highest BCUT2D eigenvalue weighted by Gasteiger charge is 2.21. The molecular formula is C53H46N6. The first-order chi connectivity index (χ1) is 28.7. The lowest BCUT2D eigenvalue weighted by molar-refractivity contribution is 1.07. The summed E-state index contributed by atoms with van der Waals surface area (Å²) in [6.45, 7) is 13.1. The van der Waals surface area contributed by atoms with Crippen molar-refractivity contribution in [3.05, 3.63) is 170 Å². The molecule has 0 spiro atoms. The predicted octanol–water partition coefficient (Wildman–Crippen LogP) is 13.5. The summed E-state index contributed by atoms with van der Waals surface area (Å²) in [6, 6.07) is 33.0. The molecule has 3 aliphatic rings. The van der Waals surface area contributed by atoms with Gasteiger partial charge in [-0.2, -0.15) is 0 Å². The van der Waals surface area contributed by atoms with E-state index < -0.39 is 0 Å². The molecule has 0 aliphatic carbocycles. The van der Waals surface area contributed by atoms with Gasteiger partial charge < -0.3 is 15.0 Å². The molecule has 0 saturated carbocycles. The molecule has 0 radical (unpaired) electrons. The Bertz CT molecular complexity index is 3040. The van der Waals surface area contributed by atoms with E-state index in [2.05, 4.69) is 166 Å². The number of hydrogen-bond acceptors (Lipinski definition) is 3. The van der Waals surface area contributed by atoms with Crippen molar-refractivity contribution >= 4 is 58.2 Å². The maximum Gasteiger partial charge on any atom is 0.0737 e. The van der Waals surface area contributed by atoms with Crippen molar-refractivity contribution in [1.82, 2.24) is 24.9 Å². The van der Waals surface area contributed by atoms with Crippen molar-refractivity contribution < 1.29 is 0 Å². The van der Waals surface area contributed by atoms with Crippen LogP contribution in [-0.4, -0.2) is 31.1 Å². The third kappa shape index (κ3) is 6.51. The molecule has 7 heterocycles. The lowest BCUT2D eigenvalue weighted by Gasteiger charge is -2.13. The lowest BCUT2D eigenvalue weighted by atomic mass is 9.92. The van der Waals surface area contributed by atoms with E-state index in [9.17, 15) is 0 Å².